The maximum atomic E-state index is 14.6. The zero-order valence-corrected chi connectivity index (χ0v) is 30.7. The predicted molar refractivity (Wildman–Crippen MR) is 196 cm³/mol. The van der Waals surface area contributed by atoms with Crippen molar-refractivity contribution in [3.63, 3.8) is 0 Å². The highest BCUT2D eigenvalue weighted by molar-refractivity contribution is 5.96. The third kappa shape index (κ3) is 8.13. The Morgan fingerprint density at radius 1 is 0.981 bits per heavy atom. The molecule has 0 radical (unpaired) electrons. The summed E-state index contributed by atoms with van der Waals surface area (Å²) < 4.78 is 23.5. The van der Waals surface area contributed by atoms with Gasteiger partial charge in [-0.2, -0.15) is 0 Å². The van der Waals surface area contributed by atoms with E-state index in [2.05, 4.69) is 22.8 Å². The first-order valence-corrected chi connectivity index (χ1v) is 19.4. The molecule has 3 fully saturated rings. The predicted octanol–water partition coefficient (Wildman–Crippen LogP) is 5.41. The molecule has 3 bridgehead atoms. The molecule has 13 heteroatoms. The van der Waals surface area contributed by atoms with Gasteiger partial charge in [-0.15, -0.1) is 0 Å². The number of hydrogen-bond donors (Lipinski definition) is 2. The van der Waals surface area contributed by atoms with E-state index in [4.69, 9.17) is 28.9 Å². The van der Waals surface area contributed by atoms with Crippen molar-refractivity contribution in [1.82, 2.24) is 25.5 Å². The van der Waals surface area contributed by atoms with Crippen LogP contribution in [0, 0.1) is 11.8 Å². The number of amides is 3. The van der Waals surface area contributed by atoms with E-state index >= 15 is 0 Å². The number of allylic oxidation sites excluding steroid dienone is 2. The van der Waals surface area contributed by atoms with E-state index in [0.29, 0.717) is 41.7 Å². The van der Waals surface area contributed by atoms with Crippen LogP contribution in [0.1, 0.15) is 96.1 Å². The van der Waals surface area contributed by atoms with Crippen LogP contribution in [0.2, 0.25) is 0 Å². The molecule has 1 aromatic heterocycles. The van der Waals surface area contributed by atoms with Crippen molar-refractivity contribution in [1.29, 1.82) is 0 Å². The van der Waals surface area contributed by atoms with E-state index in [-0.39, 0.29) is 43.4 Å². The minimum absolute atomic E-state index is 0.0611. The monoisotopic (exact) mass is 729 g/mol. The smallest absolute Gasteiger partial charge is 0.408 e. The van der Waals surface area contributed by atoms with Crippen molar-refractivity contribution in [3.8, 4) is 11.6 Å². The molecular formula is C40H51N5O8. The van der Waals surface area contributed by atoms with Gasteiger partial charge in [-0.25, -0.2) is 19.6 Å². The van der Waals surface area contributed by atoms with Crippen LogP contribution in [-0.2, 0) is 23.9 Å². The van der Waals surface area contributed by atoms with Gasteiger partial charge in [0.05, 0.1) is 31.3 Å². The molecule has 3 aliphatic heterocycles. The summed E-state index contributed by atoms with van der Waals surface area (Å²) in [6.45, 7) is 1.98. The van der Waals surface area contributed by atoms with Gasteiger partial charge in [0.1, 0.15) is 41.3 Å². The standard InChI is InChI=1S/C40H51N5O8/c1-3-51-38(48)40-23-26(40)15-9-5-4-6-10-17-31-37(47)45-24-28(22-33(45)35(46)44-40)52-36-30(41-29-20-19-27(50-2)21-32(29)42-36)16-11-7-8-13-25-14-12-18-34(25)53-39(49)43-31/h9,11,15-16,19-21,25-26,28,31,33-34H,3-8,10,12-14,17-18,22-24H2,1-2H3,(H,43,49)(H,44,46)/b15-9-,16-11+/t25-,26-,28-,31+,33+,34-,40-/m1/s1. The Morgan fingerprint density at radius 2 is 1.83 bits per heavy atom. The number of methoxy groups -OCH3 is 1. The first kappa shape index (κ1) is 36.7. The van der Waals surface area contributed by atoms with Crippen molar-refractivity contribution in [2.24, 2.45) is 11.8 Å². The lowest BCUT2D eigenvalue weighted by molar-refractivity contribution is -0.150. The van der Waals surface area contributed by atoms with Crippen molar-refractivity contribution in [2.75, 3.05) is 20.3 Å². The average molecular weight is 730 g/mol. The van der Waals surface area contributed by atoms with E-state index in [0.717, 1.165) is 57.8 Å². The molecule has 284 valence electrons. The quantitative estimate of drug-likeness (QED) is 0.309. The number of benzene rings is 1. The van der Waals surface area contributed by atoms with Gasteiger partial charge in [-0.3, -0.25) is 9.59 Å². The summed E-state index contributed by atoms with van der Waals surface area (Å²) in [6, 6.07) is 3.59. The summed E-state index contributed by atoms with van der Waals surface area (Å²) in [5.41, 5.74) is 0.601. The number of nitrogens with one attached hydrogen (secondary N) is 2. The Morgan fingerprint density at radius 3 is 2.68 bits per heavy atom. The van der Waals surface area contributed by atoms with E-state index < -0.39 is 47.6 Å². The second-order valence-corrected chi connectivity index (χ2v) is 15.0. The third-order valence-electron chi connectivity index (χ3n) is 11.4. The number of esters is 1. The molecule has 1 aromatic carbocycles. The Hall–Kier alpha value is -4.68. The Balaban J connectivity index is 1.25. The zero-order valence-electron chi connectivity index (χ0n) is 30.7. The number of hydrogen-bond acceptors (Lipinski definition) is 10. The number of fused-ring (bicyclic) bond motifs is 6. The molecule has 2 aliphatic carbocycles. The Labute approximate surface area is 310 Å². The molecule has 3 amide bonds. The van der Waals surface area contributed by atoms with Crippen LogP contribution in [0.5, 0.6) is 11.6 Å². The first-order valence-electron chi connectivity index (χ1n) is 19.4. The minimum Gasteiger partial charge on any atom is -0.497 e. The Bertz CT molecular complexity index is 1760. The van der Waals surface area contributed by atoms with Crippen LogP contribution < -0.4 is 20.1 Å². The Kier molecular flexibility index (Phi) is 11.2. The molecule has 53 heavy (non-hydrogen) atoms. The van der Waals surface area contributed by atoms with E-state index in [1.54, 1.807) is 20.1 Å². The van der Waals surface area contributed by atoms with Crippen LogP contribution in [0.25, 0.3) is 17.1 Å². The summed E-state index contributed by atoms with van der Waals surface area (Å²) in [4.78, 5) is 66.9. The fraction of sp³-hybridized carbons (Fsp3) is 0.600. The maximum Gasteiger partial charge on any atom is 0.408 e. The molecule has 7 rings (SSSR count). The normalized spacial score (nSPS) is 32.1. The lowest BCUT2D eigenvalue weighted by atomic mass is 9.98. The molecule has 2 saturated carbocycles. The number of ether oxygens (including phenoxy) is 4. The number of aromatic nitrogens is 2. The fourth-order valence-electron chi connectivity index (χ4n) is 8.40. The van der Waals surface area contributed by atoms with Crippen LogP contribution in [0.4, 0.5) is 4.79 Å². The summed E-state index contributed by atoms with van der Waals surface area (Å²) in [7, 11) is 1.59. The van der Waals surface area contributed by atoms with Gasteiger partial charge in [0.15, 0.2) is 0 Å². The summed E-state index contributed by atoms with van der Waals surface area (Å²) >= 11 is 0. The fourth-order valence-corrected chi connectivity index (χ4v) is 8.40. The van der Waals surface area contributed by atoms with Crippen molar-refractivity contribution in [2.45, 2.75) is 120 Å². The van der Waals surface area contributed by atoms with Gasteiger partial charge in [-0.1, -0.05) is 31.1 Å². The lowest BCUT2D eigenvalue weighted by Crippen LogP contribution is -2.56. The molecule has 4 heterocycles. The highest BCUT2D eigenvalue weighted by Crippen LogP contribution is 2.46. The second kappa shape index (κ2) is 16.1. The van der Waals surface area contributed by atoms with Crippen LogP contribution >= 0.6 is 0 Å². The topological polar surface area (TPSA) is 158 Å². The third-order valence-corrected chi connectivity index (χ3v) is 11.4. The van der Waals surface area contributed by atoms with E-state index in [9.17, 15) is 19.2 Å². The molecule has 7 atom stereocenters. The molecule has 0 unspecified atom stereocenters. The highest BCUT2D eigenvalue weighted by Gasteiger charge is 2.62. The second-order valence-electron chi connectivity index (χ2n) is 15.0. The SMILES string of the molecule is CCOC(=O)[C@@]12C[C@H]1/C=C\CCCCC[C@@H]1NC(=O)O[C@@H]3CCC[C@H]3CCC/C=C/c3nc4ccc(OC)cc4nc3O[C@@H]3C[C@@H](C(=O)N2)N(C3)C1=O. The summed E-state index contributed by atoms with van der Waals surface area (Å²) in [5, 5.41) is 5.92. The molecule has 2 N–H and O–H groups in total. The van der Waals surface area contributed by atoms with E-state index in [1.807, 2.05) is 24.3 Å². The zero-order chi connectivity index (χ0) is 37.0. The van der Waals surface area contributed by atoms with E-state index in [1.165, 1.54) is 4.90 Å². The maximum absolute atomic E-state index is 14.6. The van der Waals surface area contributed by atoms with Crippen LogP contribution in [0.15, 0.2) is 36.4 Å². The highest BCUT2D eigenvalue weighted by atomic mass is 16.6. The van der Waals surface area contributed by atoms with Gasteiger partial charge in [0, 0.05) is 18.4 Å². The van der Waals surface area contributed by atoms with Gasteiger partial charge in [0.25, 0.3) is 0 Å². The molecule has 0 spiro atoms. The number of nitrogens with zero attached hydrogens (tertiary/aromatic N) is 3. The first-order chi connectivity index (χ1) is 25.8. The number of rotatable bonds is 3. The average Bonchev–Trinajstić information content (AvgIpc) is 3.42. The number of carbonyl (C=O) groups is 4. The minimum atomic E-state index is -1.20. The summed E-state index contributed by atoms with van der Waals surface area (Å²) in [5.74, 6) is -0.408. The van der Waals surface area contributed by atoms with Gasteiger partial charge in [0.2, 0.25) is 17.7 Å². The molecule has 5 aliphatic rings. The summed E-state index contributed by atoms with van der Waals surface area (Å²) in [6.07, 6.45) is 16.1. The molecule has 2 aromatic rings. The molecular weight excluding hydrogens is 678 g/mol. The molecule has 1 saturated heterocycles. The number of carbonyl (C=O) groups excluding carboxylic acids is 4. The van der Waals surface area contributed by atoms with Gasteiger partial charge < -0.3 is 34.5 Å². The van der Waals surface area contributed by atoms with Crippen molar-refractivity contribution < 1.29 is 38.1 Å². The van der Waals surface area contributed by atoms with Gasteiger partial charge >= 0.3 is 12.1 Å². The lowest BCUT2D eigenvalue weighted by Gasteiger charge is -2.30. The molecule has 13 nitrogen and oxygen atoms in total. The largest absolute Gasteiger partial charge is 0.497 e. The van der Waals surface area contributed by atoms with Crippen molar-refractivity contribution >= 4 is 41.0 Å². The van der Waals surface area contributed by atoms with Crippen LogP contribution in [0.3, 0.4) is 0 Å². The number of alkyl carbamates (subject to hydrolysis) is 1. The van der Waals surface area contributed by atoms with Crippen molar-refractivity contribution in [3.05, 3.63) is 42.1 Å². The van der Waals surface area contributed by atoms with Crippen LogP contribution in [-0.4, -0.2) is 88.8 Å². The van der Waals surface area contributed by atoms with Gasteiger partial charge in [-0.05, 0) is 95.3 Å².